The molecule has 2 N–H and O–H groups in total. The number of hydrogen-bond acceptors (Lipinski definition) is 3. The van der Waals surface area contributed by atoms with E-state index in [9.17, 15) is 13.2 Å². The van der Waals surface area contributed by atoms with Gasteiger partial charge in [0.2, 0.25) is 10.0 Å². The summed E-state index contributed by atoms with van der Waals surface area (Å²) in [6.45, 7) is 2.03. The molecule has 0 unspecified atom stereocenters. The molecule has 3 rings (SSSR count). The van der Waals surface area contributed by atoms with Gasteiger partial charge in [0.15, 0.2) is 0 Å². The molecule has 138 valence electrons. The number of sulfonamides is 1. The van der Waals surface area contributed by atoms with Gasteiger partial charge in [0.25, 0.3) is 5.91 Å². The number of carbonyl (C=O) groups excluding carboxylic acids is 1. The molecule has 5 nitrogen and oxygen atoms in total. The fraction of sp³-hybridized carbons (Fsp3) is 0.316. The van der Waals surface area contributed by atoms with Crippen molar-refractivity contribution >= 4 is 27.5 Å². The van der Waals surface area contributed by atoms with E-state index < -0.39 is 10.0 Å². The van der Waals surface area contributed by atoms with Crippen molar-refractivity contribution in [1.82, 2.24) is 10.0 Å². The molecule has 0 aromatic heterocycles. The molecule has 1 aliphatic carbocycles. The molecular formula is C19H21ClN2O3S. The normalized spacial score (nSPS) is 15.9. The fourth-order valence-corrected chi connectivity index (χ4v) is 4.30. The van der Waals surface area contributed by atoms with E-state index in [0.717, 1.165) is 24.8 Å². The zero-order valence-electron chi connectivity index (χ0n) is 14.5. The van der Waals surface area contributed by atoms with Crippen LogP contribution >= 0.6 is 11.6 Å². The summed E-state index contributed by atoms with van der Waals surface area (Å²) in [7, 11) is -3.52. The van der Waals surface area contributed by atoms with E-state index in [-0.39, 0.29) is 16.3 Å². The Morgan fingerprint density at radius 2 is 1.69 bits per heavy atom. The lowest BCUT2D eigenvalue weighted by Gasteiger charge is -2.43. The van der Waals surface area contributed by atoms with E-state index in [1.807, 2.05) is 24.3 Å². The third-order valence-electron chi connectivity index (χ3n) is 4.72. The molecule has 2 aromatic rings. The Morgan fingerprint density at radius 1 is 1.08 bits per heavy atom. The van der Waals surface area contributed by atoms with E-state index in [4.69, 9.17) is 11.6 Å². The molecule has 7 heteroatoms. The van der Waals surface area contributed by atoms with Crippen LogP contribution in [0.4, 0.5) is 0 Å². The van der Waals surface area contributed by atoms with Gasteiger partial charge in [-0.1, -0.05) is 30.7 Å². The molecular weight excluding hydrogens is 372 g/mol. The maximum Gasteiger partial charge on any atom is 0.251 e. The highest BCUT2D eigenvalue weighted by molar-refractivity contribution is 7.89. The van der Waals surface area contributed by atoms with Crippen LogP contribution in [0.1, 0.15) is 42.1 Å². The van der Waals surface area contributed by atoms with Gasteiger partial charge in [-0.25, -0.2) is 13.1 Å². The summed E-state index contributed by atoms with van der Waals surface area (Å²) < 4.78 is 26.4. The standard InChI is InChI=1S/C19H21ClN2O3S/c1-2-21-26(24,25)17-10-4-14(5-11-17)18(23)22-19(12-3-13-19)15-6-8-16(20)9-7-15/h4-11,21H,2-3,12-13H2,1H3,(H,22,23). The SMILES string of the molecule is CCNS(=O)(=O)c1ccc(C(=O)NC2(c3ccc(Cl)cc3)CCC2)cc1. The second-order valence-corrected chi connectivity index (χ2v) is 8.63. The Kier molecular flexibility index (Phi) is 5.37. The van der Waals surface area contributed by atoms with Crippen molar-refractivity contribution in [2.75, 3.05) is 6.54 Å². The highest BCUT2D eigenvalue weighted by Gasteiger charge is 2.40. The predicted molar refractivity (Wildman–Crippen MR) is 102 cm³/mol. The second kappa shape index (κ2) is 7.39. The zero-order chi connectivity index (χ0) is 18.8. The number of rotatable bonds is 6. The average molecular weight is 393 g/mol. The zero-order valence-corrected chi connectivity index (χ0v) is 16.0. The first kappa shape index (κ1) is 18.9. The molecule has 2 aromatic carbocycles. The van der Waals surface area contributed by atoms with E-state index in [1.165, 1.54) is 24.3 Å². The first-order valence-corrected chi connectivity index (χ1v) is 10.4. The maximum absolute atomic E-state index is 12.7. The number of carbonyl (C=O) groups is 1. The molecule has 0 bridgehead atoms. The van der Waals surface area contributed by atoms with Crippen molar-refractivity contribution in [2.24, 2.45) is 0 Å². The summed E-state index contributed by atoms with van der Waals surface area (Å²) in [6, 6.07) is 13.5. The summed E-state index contributed by atoms with van der Waals surface area (Å²) in [4.78, 5) is 12.8. The van der Waals surface area contributed by atoms with Crippen LogP contribution in [-0.4, -0.2) is 20.9 Å². The summed E-state index contributed by atoms with van der Waals surface area (Å²) in [5, 5.41) is 3.78. The van der Waals surface area contributed by atoms with E-state index in [1.54, 1.807) is 6.92 Å². The number of halogens is 1. The lowest BCUT2D eigenvalue weighted by atomic mass is 9.71. The number of nitrogens with one attached hydrogen (secondary N) is 2. The highest BCUT2D eigenvalue weighted by Crippen LogP contribution is 2.41. The van der Waals surface area contributed by atoms with Gasteiger partial charge in [0, 0.05) is 17.1 Å². The molecule has 0 saturated heterocycles. The molecule has 26 heavy (non-hydrogen) atoms. The van der Waals surface area contributed by atoms with Crippen LogP contribution in [0.2, 0.25) is 5.02 Å². The minimum atomic E-state index is -3.52. The Labute approximate surface area is 158 Å². The van der Waals surface area contributed by atoms with Gasteiger partial charge in [0.1, 0.15) is 0 Å². The van der Waals surface area contributed by atoms with Gasteiger partial charge in [-0.3, -0.25) is 4.79 Å². The first-order valence-electron chi connectivity index (χ1n) is 8.55. The van der Waals surface area contributed by atoms with E-state index in [0.29, 0.717) is 17.1 Å². The molecule has 0 atom stereocenters. The minimum Gasteiger partial charge on any atom is -0.343 e. The van der Waals surface area contributed by atoms with Crippen LogP contribution < -0.4 is 10.0 Å². The average Bonchev–Trinajstić information content (AvgIpc) is 2.59. The molecule has 1 saturated carbocycles. The Balaban J connectivity index is 1.78. The Hall–Kier alpha value is -1.89. The summed E-state index contributed by atoms with van der Waals surface area (Å²) in [5.41, 5.74) is 1.09. The van der Waals surface area contributed by atoms with Crippen molar-refractivity contribution in [3.05, 3.63) is 64.7 Å². The van der Waals surface area contributed by atoms with Crippen LogP contribution in [-0.2, 0) is 15.6 Å². The Bertz CT molecular complexity index is 889. The largest absolute Gasteiger partial charge is 0.343 e. The lowest BCUT2D eigenvalue weighted by Crippen LogP contribution is -2.50. The van der Waals surface area contributed by atoms with Crippen LogP contribution in [0, 0.1) is 0 Å². The van der Waals surface area contributed by atoms with Gasteiger partial charge in [0.05, 0.1) is 10.4 Å². The van der Waals surface area contributed by atoms with Crippen molar-refractivity contribution < 1.29 is 13.2 Å². The van der Waals surface area contributed by atoms with Crippen molar-refractivity contribution in [3.8, 4) is 0 Å². The van der Waals surface area contributed by atoms with Gasteiger partial charge >= 0.3 is 0 Å². The van der Waals surface area contributed by atoms with E-state index in [2.05, 4.69) is 10.0 Å². The Morgan fingerprint density at radius 3 is 2.19 bits per heavy atom. The van der Waals surface area contributed by atoms with Gasteiger partial charge in [-0.15, -0.1) is 0 Å². The topological polar surface area (TPSA) is 75.3 Å². The smallest absolute Gasteiger partial charge is 0.251 e. The molecule has 0 aliphatic heterocycles. The molecule has 0 spiro atoms. The summed E-state index contributed by atoms with van der Waals surface area (Å²) in [5.74, 6) is -0.216. The van der Waals surface area contributed by atoms with Gasteiger partial charge in [-0.2, -0.15) is 0 Å². The van der Waals surface area contributed by atoms with E-state index >= 15 is 0 Å². The monoisotopic (exact) mass is 392 g/mol. The predicted octanol–water partition coefficient (Wildman–Crippen LogP) is 3.45. The molecule has 1 amide bonds. The van der Waals surface area contributed by atoms with Crippen LogP contribution in [0.3, 0.4) is 0 Å². The number of amides is 1. The first-order chi connectivity index (χ1) is 12.4. The van der Waals surface area contributed by atoms with Gasteiger partial charge in [-0.05, 0) is 61.2 Å². The van der Waals surface area contributed by atoms with Crippen LogP contribution in [0.25, 0.3) is 0 Å². The molecule has 1 aliphatic rings. The maximum atomic E-state index is 12.7. The number of benzene rings is 2. The van der Waals surface area contributed by atoms with Crippen molar-refractivity contribution in [1.29, 1.82) is 0 Å². The van der Waals surface area contributed by atoms with Gasteiger partial charge < -0.3 is 5.32 Å². The second-order valence-electron chi connectivity index (χ2n) is 6.42. The third kappa shape index (κ3) is 3.77. The molecule has 0 radical (unpaired) electrons. The minimum absolute atomic E-state index is 0.145. The van der Waals surface area contributed by atoms with Crippen LogP contribution in [0.5, 0.6) is 0 Å². The van der Waals surface area contributed by atoms with Crippen LogP contribution in [0.15, 0.2) is 53.4 Å². The summed E-state index contributed by atoms with van der Waals surface area (Å²) >= 11 is 5.96. The fourth-order valence-electron chi connectivity index (χ4n) is 3.13. The summed E-state index contributed by atoms with van der Waals surface area (Å²) in [6.07, 6.45) is 2.78. The lowest BCUT2D eigenvalue weighted by molar-refractivity contribution is 0.0823. The highest BCUT2D eigenvalue weighted by atomic mass is 35.5. The third-order valence-corrected chi connectivity index (χ3v) is 6.53. The number of hydrogen-bond donors (Lipinski definition) is 2. The van der Waals surface area contributed by atoms with Crippen molar-refractivity contribution in [2.45, 2.75) is 36.6 Å². The molecule has 0 heterocycles. The molecule has 1 fully saturated rings. The van der Waals surface area contributed by atoms with Crippen molar-refractivity contribution in [3.63, 3.8) is 0 Å². The quantitative estimate of drug-likeness (QED) is 0.790.